The van der Waals surface area contributed by atoms with Gasteiger partial charge < -0.3 is 10.5 Å². The summed E-state index contributed by atoms with van der Waals surface area (Å²) in [7, 11) is 1.42. The van der Waals surface area contributed by atoms with E-state index in [-0.39, 0.29) is 5.97 Å². The van der Waals surface area contributed by atoms with Crippen molar-refractivity contribution in [3.05, 3.63) is 77.0 Å². The van der Waals surface area contributed by atoms with Gasteiger partial charge in [-0.1, -0.05) is 36.4 Å². The number of ether oxygens (including phenoxy) is 1. The van der Waals surface area contributed by atoms with Gasteiger partial charge in [-0.15, -0.1) is 0 Å². The molecule has 4 rings (SSSR count). The number of esters is 1. The van der Waals surface area contributed by atoms with Crippen molar-refractivity contribution in [2.24, 2.45) is 0 Å². The maximum atomic E-state index is 11.3. The van der Waals surface area contributed by atoms with Crippen molar-refractivity contribution in [2.45, 2.75) is 32.6 Å². The number of anilines is 1. The van der Waals surface area contributed by atoms with Crippen molar-refractivity contribution in [3.63, 3.8) is 0 Å². The lowest BCUT2D eigenvalue weighted by Crippen LogP contribution is -2.02. The number of nitrogens with zero attached hydrogens (tertiary/aromatic N) is 2. The van der Waals surface area contributed by atoms with E-state index in [0.29, 0.717) is 18.7 Å². The first-order valence-electron chi connectivity index (χ1n) is 10.1. The van der Waals surface area contributed by atoms with Crippen LogP contribution in [0.4, 0.5) is 5.82 Å². The number of aromatic nitrogens is 2. The monoisotopic (exact) mass is 399 g/mol. The number of carbonyl (C=O) groups is 1. The summed E-state index contributed by atoms with van der Waals surface area (Å²) in [5.74, 6) is 0.290. The Morgan fingerprint density at radius 2 is 1.63 bits per heavy atom. The fourth-order valence-corrected chi connectivity index (χ4v) is 3.71. The van der Waals surface area contributed by atoms with E-state index < -0.39 is 0 Å². The Hall–Kier alpha value is -3.47. The smallest absolute Gasteiger partial charge is 0.305 e. The second-order valence-corrected chi connectivity index (χ2v) is 7.65. The van der Waals surface area contributed by atoms with Crippen LogP contribution in [0.25, 0.3) is 21.8 Å². The number of hydrogen-bond acceptors (Lipinski definition) is 5. The number of fused-ring (bicyclic) bond motifs is 3. The molecule has 2 aromatic carbocycles. The Kier molecular flexibility index (Phi) is 5.61. The van der Waals surface area contributed by atoms with Crippen molar-refractivity contribution in [1.29, 1.82) is 0 Å². The molecule has 0 fully saturated rings. The first-order valence-corrected chi connectivity index (χ1v) is 10.1. The number of rotatable bonds is 6. The third kappa shape index (κ3) is 4.25. The molecule has 2 aromatic heterocycles. The van der Waals surface area contributed by atoms with Gasteiger partial charge >= 0.3 is 5.97 Å². The minimum absolute atomic E-state index is 0.179. The summed E-state index contributed by atoms with van der Waals surface area (Å²) in [5, 5.41) is 2.13. The van der Waals surface area contributed by atoms with Crippen molar-refractivity contribution in [1.82, 2.24) is 9.97 Å². The molecular formula is C25H25N3O2. The van der Waals surface area contributed by atoms with Crippen molar-refractivity contribution < 1.29 is 9.53 Å². The SMILES string of the molecule is COC(=O)CCc1ccc(CCc2cnc3c(N)nc4cc(C)ccc4c3c2)cc1. The standard InChI is InChI=1S/C25H25N3O2/c1-16-3-11-20-21-14-19(15-27-24(21)25(26)28-22(20)13-16)9-8-17-4-6-18(7-5-17)10-12-23(29)30-2/h3-7,11,13-15H,8-10,12H2,1-2H3,(H2,26,28). The van der Waals surface area contributed by atoms with Crippen LogP contribution in [0.15, 0.2) is 54.7 Å². The fourth-order valence-electron chi connectivity index (χ4n) is 3.71. The molecule has 0 spiro atoms. The van der Waals surface area contributed by atoms with Gasteiger partial charge in [-0.25, -0.2) is 4.98 Å². The molecule has 0 unspecified atom stereocenters. The van der Waals surface area contributed by atoms with Gasteiger partial charge in [0.25, 0.3) is 0 Å². The van der Waals surface area contributed by atoms with E-state index in [1.807, 2.05) is 6.20 Å². The van der Waals surface area contributed by atoms with E-state index in [0.717, 1.165) is 45.8 Å². The molecule has 0 saturated carbocycles. The Morgan fingerprint density at radius 3 is 2.37 bits per heavy atom. The molecule has 2 heterocycles. The predicted octanol–water partition coefficient (Wildman–Crippen LogP) is 4.56. The third-order valence-electron chi connectivity index (χ3n) is 5.44. The van der Waals surface area contributed by atoms with Crippen LogP contribution in [0.2, 0.25) is 0 Å². The van der Waals surface area contributed by atoms with Gasteiger partial charge in [-0.05, 0) is 60.6 Å². The van der Waals surface area contributed by atoms with Crippen LogP contribution in [0, 0.1) is 6.92 Å². The van der Waals surface area contributed by atoms with Gasteiger partial charge in [-0.2, -0.15) is 0 Å². The number of pyridine rings is 2. The maximum absolute atomic E-state index is 11.3. The lowest BCUT2D eigenvalue weighted by Gasteiger charge is -2.09. The molecule has 0 amide bonds. The van der Waals surface area contributed by atoms with Crippen LogP contribution < -0.4 is 5.73 Å². The zero-order chi connectivity index (χ0) is 21.1. The number of nitrogens with two attached hydrogens (primary N) is 1. The molecule has 2 N–H and O–H groups in total. The lowest BCUT2D eigenvalue weighted by atomic mass is 10.0. The molecule has 5 heteroatoms. The van der Waals surface area contributed by atoms with Crippen molar-refractivity contribution >= 4 is 33.6 Å². The third-order valence-corrected chi connectivity index (χ3v) is 5.44. The molecule has 5 nitrogen and oxygen atoms in total. The summed E-state index contributed by atoms with van der Waals surface area (Å²) in [4.78, 5) is 20.4. The van der Waals surface area contributed by atoms with Gasteiger partial charge in [0, 0.05) is 23.4 Å². The molecular weight excluding hydrogens is 374 g/mol. The maximum Gasteiger partial charge on any atom is 0.305 e. The highest BCUT2D eigenvalue weighted by molar-refractivity contribution is 6.08. The first-order chi connectivity index (χ1) is 14.5. The Balaban J connectivity index is 1.51. The second-order valence-electron chi connectivity index (χ2n) is 7.65. The second kappa shape index (κ2) is 8.49. The van der Waals surface area contributed by atoms with E-state index in [2.05, 4.69) is 65.4 Å². The number of methoxy groups -OCH3 is 1. The molecule has 0 atom stereocenters. The number of carbonyl (C=O) groups excluding carboxylic acids is 1. The Morgan fingerprint density at radius 1 is 0.933 bits per heavy atom. The molecule has 0 aliphatic heterocycles. The van der Waals surface area contributed by atoms with Crippen LogP contribution in [-0.4, -0.2) is 23.0 Å². The zero-order valence-electron chi connectivity index (χ0n) is 17.3. The van der Waals surface area contributed by atoms with Crippen LogP contribution in [-0.2, 0) is 28.8 Å². The van der Waals surface area contributed by atoms with Gasteiger partial charge in [0.15, 0.2) is 5.82 Å². The summed E-state index contributed by atoms with van der Waals surface area (Å²) in [6.45, 7) is 2.05. The molecule has 0 radical (unpaired) electrons. The van der Waals surface area contributed by atoms with Crippen molar-refractivity contribution in [3.8, 4) is 0 Å². The predicted molar refractivity (Wildman–Crippen MR) is 120 cm³/mol. The average Bonchev–Trinajstić information content (AvgIpc) is 2.76. The van der Waals surface area contributed by atoms with E-state index in [1.165, 1.54) is 18.2 Å². The van der Waals surface area contributed by atoms with Crippen LogP contribution in [0.3, 0.4) is 0 Å². The van der Waals surface area contributed by atoms with E-state index >= 15 is 0 Å². The highest BCUT2D eigenvalue weighted by Gasteiger charge is 2.09. The molecule has 4 aromatic rings. The van der Waals surface area contributed by atoms with Gasteiger partial charge in [-0.3, -0.25) is 9.78 Å². The topological polar surface area (TPSA) is 78.1 Å². The van der Waals surface area contributed by atoms with Crippen LogP contribution in [0.1, 0.15) is 28.7 Å². The summed E-state index contributed by atoms with van der Waals surface area (Å²) >= 11 is 0. The van der Waals surface area contributed by atoms with Crippen LogP contribution >= 0.6 is 0 Å². The van der Waals surface area contributed by atoms with E-state index in [9.17, 15) is 4.79 Å². The lowest BCUT2D eigenvalue weighted by molar-refractivity contribution is -0.140. The summed E-state index contributed by atoms with van der Waals surface area (Å²) in [6, 6.07) is 16.8. The molecule has 0 aliphatic rings. The number of hydrogen-bond donors (Lipinski definition) is 1. The number of nitrogen functional groups attached to an aromatic ring is 1. The Bertz CT molecular complexity index is 1220. The summed E-state index contributed by atoms with van der Waals surface area (Å²) < 4.78 is 4.70. The molecule has 152 valence electrons. The fraction of sp³-hybridized carbons (Fsp3) is 0.240. The van der Waals surface area contributed by atoms with Crippen LogP contribution in [0.5, 0.6) is 0 Å². The van der Waals surface area contributed by atoms with E-state index in [1.54, 1.807) is 0 Å². The summed E-state index contributed by atoms with van der Waals surface area (Å²) in [5.41, 5.74) is 12.5. The minimum Gasteiger partial charge on any atom is -0.469 e. The zero-order valence-corrected chi connectivity index (χ0v) is 17.3. The molecule has 30 heavy (non-hydrogen) atoms. The number of benzene rings is 2. The van der Waals surface area contributed by atoms with Gasteiger partial charge in [0.2, 0.25) is 0 Å². The van der Waals surface area contributed by atoms with Gasteiger partial charge in [0.05, 0.1) is 12.6 Å². The Labute approximate surface area is 175 Å². The molecule has 0 aliphatic carbocycles. The average molecular weight is 399 g/mol. The first kappa shape index (κ1) is 19.8. The molecule has 0 saturated heterocycles. The van der Waals surface area contributed by atoms with E-state index in [4.69, 9.17) is 10.5 Å². The number of aryl methyl sites for hydroxylation is 4. The highest BCUT2D eigenvalue weighted by atomic mass is 16.5. The molecule has 0 bridgehead atoms. The van der Waals surface area contributed by atoms with Crippen molar-refractivity contribution in [2.75, 3.05) is 12.8 Å². The minimum atomic E-state index is -0.179. The quantitative estimate of drug-likeness (QED) is 0.380. The van der Waals surface area contributed by atoms with Gasteiger partial charge in [0.1, 0.15) is 5.52 Å². The largest absolute Gasteiger partial charge is 0.469 e. The summed E-state index contributed by atoms with van der Waals surface area (Å²) in [6.07, 6.45) is 4.81. The highest BCUT2D eigenvalue weighted by Crippen LogP contribution is 2.28. The normalized spacial score (nSPS) is 11.1.